The zero-order valence-corrected chi connectivity index (χ0v) is 10.1. The van der Waals surface area contributed by atoms with Crippen molar-refractivity contribution in [2.24, 2.45) is 0 Å². The second kappa shape index (κ2) is 4.19. The van der Waals surface area contributed by atoms with Crippen molar-refractivity contribution in [2.75, 3.05) is 0 Å². The maximum Gasteiger partial charge on any atom is 0.321 e. The minimum atomic E-state index is -2.72. The van der Waals surface area contributed by atoms with Crippen molar-refractivity contribution < 1.29 is 8.78 Å². The van der Waals surface area contributed by atoms with Crippen LogP contribution in [0.4, 0.5) is 8.78 Å². The third kappa shape index (κ3) is 1.93. The number of nitrogens with zero attached hydrogens (tertiary/aromatic N) is 1. The van der Waals surface area contributed by atoms with Crippen LogP contribution in [-0.4, -0.2) is 4.57 Å². The Morgan fingerprint density at radius 1 is 1.33 bits per heavy atom. The summed E-state index contributed by atoms with van der Waals surface area (Å²) in [5.41, 5.74) is 0.874. The summed E-state index contributed by atoms with van der Waals surface area (Å²) in [4.78, 5) is 11.6. The Bertz CT molecular complexity index is 442. The Labute approximate surface area is 99.4 Å². The average molecular weight is 325 g/mol. The Morgan fingerprint density at radius 2 is 2.00 bits per heavy atom. The summed E-state index contributed by atoms with van der Waals surface area (Å²) >= 11 is 1.82. The fraction of sp³-hybridized carbons (Fsp3) is 0.500. The predicted octanol–water partition coefficient (Wildman–Crippen LogP) is 2.73. The molecule has 1 heterocycles. The first kappa shape index (κ1) is 11.0. The van der Waals surface area contributed by atoms with Crippen LogP contribution in [0.3, 0.4) is 0 Å². The van der Waals surface area contributed by atoms with Gasteiger partial charge in [-0.15, -0.1) is 0 Å². The lowest BCUT2D eigenvalue weighted by Crippen LogP contribution is -2.29. The van der Waals surface area contributed by atoms with Crippen molar-refractivity contribution in [3.05, 3.63) is 31.2 Å². The molecule has 0 N–H and O–H groups in total. The maximum absolute atomic E-state index is 12.8. The van der Waals surface area contributed by atoms with Crippen molar-refractivity contribution in [1.82, 2.24) is 4.57 Å². The Hall–Kier alpha value is -0.460. The van der Waals surface area contributed by atoms with E-state index in [0.717, 1.165) is 24.8 Å². The molecular weight excluding hydrogens is 315 g/mol. The summed E-state index contributed by atoms with van der Waals surface area (Å²) in [6, 6.07) is 1.75. The smallest absolute Gasteiger partial charge is 0.268 e. The van der Waals surface area contributed by atoms with E-state index in [1.54, 1.807) is 6.07 Å². The first-order chi connectivity index (χ1) is 7.11. The van der Waals surface area contributed by atoms with Gasteiger partial charge in [-0.05, 0) is 59.9 Å². The second-order valence-electron chi connectivity index (χ2n) is 3.62. The van der Waals surface area contributed by atoms with E-state index in [0.29, 0.717) is 20.3 Å². The molecule has 2 nitrogen and oxygen atoms in total. The second-order valence-corrected chi connectivity index (χ2v) is 4.79. The van der Waals surface area contributed by atoms with Gasteiger partial charge in [0.1, 0.15) is 0 Å². The summed E-state index contributed by atoms with van der Waals surface area (Å²) in [6.45, 7) is -2.72. The van der Waals surface area contributed by atoms with Gasteiger partial charge < -0.3 is 0 Å². The van der Waals surface area contributed by atoms with Gasteiger partial charge >= 0.3 is 6.55 Å². The molecule has 0 unspecified atom stereocenters. The number of hydrogen-bond acceptors (Lipinski definition) is 1. The first-order valence-electron chi connectivity index (χ1n) is 4.82. The van der Waals surface area contributed by atoms with Crippen molar-refractivity contribution in [3.8, 4) is 0 Å². The lowest BCUT2D eigenvalue weighted by atomic mass is 9.96. The van der Waals surface area contributed by atoms with Crippen molar-refractivity contribution >= 4 is 22.6 Å². The predicted molar refractivity (Wildman–Crippen MR) is 61.3 cm³/mol. The number of halogens is 3. The average Bonchev–Trinajstić information content (AvgIpc) is 2.19. The van der Waals surface area contributed by atoms with Gasteiger partial charge in [0.2, 0.25) is 0 Å². The molecule has 1 aromatic rings. The number of pyridine rings is 1. The molecule has 1 aromatic heterocycles. The minimum absolute atomic E-state index is 0.383. The highest BCUT2D eigenvalue weighted by molar-refractivity contribution is 14.1. The fourth-order valence-electron chi connectivity index (χ4n) is 2.00. The van der Waals surface area contributed by atoms with Gasteiger partial charge in [0.15, 0.2) is 0 Å². The Kier molecular flexibility index (Phi) is 3.08. The van der Waals surface area contributed by atoms with Crippen LogP contribution >= 0.6 is 22.6 Å². The molecule has 5 heteroatoms. The molecule has 15 heavy (non-hydrogen) atoms. The molecule has 0 fully saturated rings. The van der Waals surface area contributed by atoms with Crippen LogP contribution in [0.25, 0.3) is 0 Å². The van der Waals surface area contributed by atoms with Gasteiger partial charge in [-0.2, -0.15) is 8.78 Å². The zero-order valence-electron chi connectivity index (χ0n) is 7.97. The van der Waals surface area contributed by atoms with E-state index in [9.17, 15) is 13.6 Å². The van der Waals surface area contributed by atoms with Crippen LogP contribution in [0.1, 0.15) is 30.6 Å². The van der Waals surface area contributed by atoms with Crippen molar-refractivity contribution in [3.63, 3.8) is 0 Å². The first-order valence-corrected chi connectivity index (χ1v) is 5.90. The molecule has 0 radical (unpaired) electrons. The minimum Gasteiger partial charge on any atom is -0.268 e. The molecule has 0 aromatic carbocycles. The van der Waals surface area contributed by atoms with E-state index >= 15 is 0 Å². The molecule has 82 valence electrons. The van der Waals surface area contributed by atoms with Gasteiger partial charge in [-0.25, -0.2) is 0 Å². The quantitative estimate of drug-likeness (QED) is 0.728. The van der Waals surface area contributed by atoms with Gasteiger partial charge in [0, 0.05) is 5.69 Å². The Balaban J connectivity index is 2.69. The summed E-state index contributed by atoms with van der Waals surface area (Å²) in [5, 5.41) is 0. The van der Waals surface area contributed by atoms with Crippen LogP contribution in [0.2, 0.25) is 0 Å². The monoisotopic (exact) mass is 325 g/mol. The van der Waals surface area contributed by atoms with Crippen LogP contribution in [0.5, 0.6) is 0 Å². The largest absolute Gasteiger partial charge is 0.321 e. The van der Waals surface area contributed by atoms with Gasteiger partial charge in [0.25, 0.3) is 5.56 Å². The third-order valence-corrected chi connectivity index (χ3v) is 3.46. The normalized spacial score (nSPS) is 15.5. The van der Waals surface area contributed by atoms with E-state index < -0.39 is 12.1 Å². The summed E-state index contributed by atoms with van der Waals surface area (Å²) in [5.74, 6) is 0. The number of alkyl halides is 2. The maximum atomic E-state index is 12.8. The van der Waals surface area contributed by atoms with E-state index in [1.807, 2.05) is 22.6 Å². The van der Waals surface area contributed by atoms with Crippen LogP contribution < -0.4 is 5.56 Å². The molecule has 0 bridgehead atoms. The molecular formula is C10H10F2INO. The number of aryl methyl sites for hydroxylation is 1. The molecule has 0 amide bonds. The van der Waals surface area contributed by atoms with Crippen molar-refractivity contribution in [2.45, 2.75) is 32.2 Å². The Morgan fingerprint density at radius 3 is 2.67 bits per heavy atom. The molecule has 1 aliphatic rings. The van der Waals surface area contributed by atoms with Gasteiger partial charge in [-0.3, -0.25) is 9.36 Å². The van der Waals surface area contributed by atoms with E-state index in [4.69, 9.17) is 0 Å². The summed E-state index contributed by atoms with van der Waals surface area (Å²) in [6.07, 6.45) is 3.30. The standard InChI is InChI=1S/C10H10F2INO/c11-10(12)14-8-4-2-1-3-6(8)5-7(13)9(14)15/h5,10H,1-4H2. The molecule has 0 atom stereocenters. The number of aromatic nitrogens is 1. The molecule has 1 aliphatic carbocycles. The van der Waals surface area contributed by atoms with Crippen LogP contribution in [0, 0.1) is 3.57 Å². The topological polar surface area (TPSA) is 22.0 Å². The van der Waals surface area contributed by atoms with E-state index in [2.05, 4.69) is 0 Å². The molecule has 2 rings (SSSR count). The summed E-state index contributed by atoms with van der Waals surface area (Å²) < 4.78 is 26.5. The van der Waals surface area contributed by atoms with Gasteiger partial charge in [0.05, 0.1) is 3.57 Å². The number of rotatable bonds is 1. The van der Waals surface area contributed by atoms with Gasteiger partial charge in [-0.1, -0.05) is 0 Å². The zero-order chi connectivity index (χ0) is 11.0. The lowest BCUT2D eigenvalue weighted by molar-refractivity contribution is 0.0620. The van der Waals surface area contributed by atoms with Crippen molar-refractivity contribution in [1.29, 1.82) is 0 Å². The highest BCUT2D eigenvalue weighted by Gasteiger charge is 2.21. The lowest BCUT2D eigenvalue weighted by Gasteiger charge is -2.20. The van der Waals surface area contributed by atoms with E-state index in [-0.39, 0.29) is 0 Å². The fourth-order valence-corrected chi connectivity index (χ4v) is 2.64. The van der Waals surface area contributed by atoms with Crippen LogP contribution in [0.15, 0.2) is 10.9 Å². The molecule has 0 spiro atoms. The molecule has 0 saturated carbocycles. The molecule has 0 aliphatic heterocycles. The highest BCUT2D eigenvalue weighted by Crippen LogP contribution is 2.24. The number of fused-ring (bicyclic) bond motifs is 1. The van der Waals surface area contributed by atoms with Crippen LogP contribution in [-0.2, 0) is 12.8 Å². The highest BCUT2D eigenvalue weighted by atomic mass is 127. The summed E-state index contributed by atoms with van der Waals surface area (Å²) in [7, 11) is 0. The SMILES string of the molecule is O=c1c(I)cc2c(n1C(F)F)CCCC2. The molecule has 0 saturated heterocycles. The third-order valence-electron chi connectivity index (χ3n) is 2.69. The number of hydrogen-bond donors (Lipinski definition) is 0. The van der Waals surface area contributed by atoms with E-state index in [1.165, 1.54) is 0 Å².